The van der Waals surface area contributed by atoms with Crippen LogP contribution in [0.25, 0.3) is 10.6 Å². The molecule has 2 aliphatic heterocycles. The summed E-state index contributed by atoms with van der Waals surface area (Å²) in [7, 11) is 0. The number of aromatic nitrogens is 1. The highest BCUT2D eigenvalue weighted by molar-refractivity contribution is 7.16. The monoisotopic (exact) mass is 347 g/mol. The van der Waals surface area contributed by atoms with Crippen LogP contribution in [0.15, 0.2) is 30.5 Å². The molecule has 7 heteroatoms. The van der Waals surface area contributed by atoms with Gasteiger partial charge in [0.1, 0.15) is 15.7 Å². The Morgan fingerprint density at radius 1 is 1.46 bits per heavy atom. The molecular weight excluding hydrogens is 329 g/mol. The lowest BCUT2D eigenvalue weighted by Crippen LogP contribution is -2.37. The van der Waals surface area contributed by atoms with Crippen LogP contribution in [0.3, 0.4) is 0 Å². The number of amides is 1. The smallest absolute Gasteiger partial charge is 0.263 e. The third-order valence-corrected chi connectivity index (χ3v) is 5.61. The highest BCUT2D eigenvalue weighted by Gasteiger charge is 2.43. The van der Waals surface area contributed by atoms with Crippen molar-refractivity contribution in [2.75, 3.05) is 19.7 Å². The molecule has 1 spiro atoms. The molecule has 3 heterocycles. The summed E-state index contributed by atoms with van der Waals surface area (Å²) < 4.78 is 19.7. The van der Waals surface area contributed by atoms with Crippen molar-refractivity contribution < 1.29 is 13.9 Å². The number of ether oxygens (including phenoxy) is 1. The van der Waals surface area contributed by atoms with Crippen molar-refractivity contribution in [3.05, 3.63) is 41.2 Å². The molecule has 2 aromatic rings. The van der Waals surface area contributed by atoms with E-state index in [1.54, 1.807) is 18.2 Å². The zero-order valence-electron chi connectivity index (χ0n) is 13.0. The van der Waals surface area contributed by atoms with Gasteiger partial charge in [0.15, 0.2) is 0 Å². The Balaban J connectivity index is 1.43. The number of carbonyl (C=O) groups excluding carboxylic acids is 1. The zero-order valence-corrected chi connectivity index (χ0v) is 13.9. The van der Waals surface area contributed by atoms with Crippen LogP contribution in [0.2, 0.25) is 0 Å². The van der Waals surface area contributed by atoms with E-state index in [9.17, 15) is 9.18 Å². The fraction of sp³-hybridized carbons (Fsp3) is 0.412. The van der Waals surface area contributed by atoms with E-state index in [1.165, 1.54) is 23.6 Å². The molecule has 5 nitrogen and oxygen atoms in total. The van der Waals surface area contributed by atoms with E-state index < -0.39 is 0 Å². The Morgan fingerprint density at radius 2 is 2.33 bits per heavy atom. The van der Waals surface area contributed by atoms with Crippen LogP contribution >= 0.6 is 11.3 Å². The Hall–Kier alpha value is -1.83. The van der Waals surface area contributed by atoms with Gasteiger partial charge >= 0.3 is 0 Å². The van der Waals surface area contributed by atoms with E-state index in [4.69, 9.17) is 4.74 Å². The van der Waals surface area contributed by atoms with Gasteiger partial charge in [0.2, 0.25) is 0 Å². The van der Waals surface area contributed by atoms with E-state index in [2.05, 4.69) is 15.6 Å². The van der Waals surface area contributed by atoms with Crippen LogP contribution < -0.4 is 10.6 Å². The van der Waals surface area contributed by atoms with Crippen LogP contribution in [0, 0.1) is 5.82 Å². The van der Waals surface area contributed by atoms with Gasteiger partial charge < -0.3 is 15.4 Å². The number of benzene rings is 1. The number of rotatable bonds is 3. The molecule has 2 unspecified atom stereocenters. The number of halogens is 1. The first kappa shape index (κ1) is 15.7. The molecule has 126 valence electrons. The predicted octanol–water partition coefficient (Wildman–Crippen LogP) is 2.20. The van der Waals surface area contributed by atoms with Gasteiger partial charge in [0.25, 0.3) is 5.91 Å². The van der Waals surface area contributed by atoms with Gasteiger partial charge in [-0.3, -0.25) is 4.79 Å². The van der Waals surface area contributed by atoms with Gasteiger partial charge in [-0.15, -0.1) is 11.3 Å². The molecule has 2 N–H and O–H groups in total. The summed E-state index contributed by atoms with van der Waals surface area (Å²) >= 11 is 1.20. The molecule has 1 amide bonds. The minimum Gasteiger partial charge on any atom is -0.371 e. The topological polar surface area (TPSA) is 63.2 Å². The maximum absolute atomic E-state index is 13.8. The van der Waals surface area contributed by atoms with Crippen molar-refractivity contribution in [1.29, 1.82) is 0 Å². The van der Waals surface area contributed by atoms with E-state index in [0.717, 1.165) is 25.9 Å². The molecule has 1 aromatic carbocycles. The number of carbonyl (C=O) groups is 1. The average molecular weight is 347 g/mol. The molecule has 4 rings (SSSR count). The lowest BCUT2D eigenvalue weighted by atomic mass is 9.97. The van der Waals surface area contributed by atoms with E-state index in [-0.39, 0.29) is 23.4 Å². The number of hydrogen-bond acceptors (Lipinski definition) is 5. The third kappa shape index (κ3) is 2.94. The van der Waals surface area contributed by atoms with Crippen molar-refractivity contribution in [2.24, 2.45) is 0 Å². The van der Waals surface area contributed by atoms with Gasteiger partial charge in [0.05, 0.1) is 24.4 Å². The fourth-order valence-electron chi connectivity index (χ4n) is 3.35. The number of nitrogens with one attached hydrogen (secondary N) is 2. The van der Waals surface area contributed by atoms with Crippen LogP contribution in [-0.4, -0.2) is 42.2 Å². The molecule has 0 aliphatic carbocycles. The minimum absolute atomic E-state index is 0.0106. The standard InChI is InChI=1S/C17H18FN3O2S/c18-13-4-2-1-3-12(13)16-20-8-14(24-16)15(22)21-11-7-17(23-9-11)5-6-19-10-17/h1-4,8,11,19H,5-7,9-10H2,(H,21,22). The molecule has 0 radical (unpaired) electrons. The van der Waals surface area contributed by atoms with Crippen molar-refractivity contribution in [2.45, 2.75) is 24.5 Å². The van der Waals surface area contributed by atoms with Gasteiger partial charge in [-0.25, -0.2) is 9.37 Å². The summed E-state index contributed by atoms with van der Waals surface area (Å²) in [4.78, 5) is 17.1. The normalized spacial score (nSPS) is 26.1. The van der Waals surface area contributed by atoms with Crippen molar-refractivity contribution >= 4 is 17.2 Å². The Kier molecular flexibility index (Phi) is 4.07. The van der Waals surface area contributed by atoms with Crippen molar-refractivity contribution in [3.8, 4) is 10.6 Å². The third-order valence-electron chi connectivity index (χ3n) is 4.58. The van der Waals surface area contributed by atoms with Crippen LogP contribution in [0.1, 0.15) is 22.5 Å². The minimum atomic E-state index is -0.335. The molecule has 2 atom stereocenters. The van der Waals surface area contributed by atoms with Crippen LogP contribution in [0.4, 0.5) is 4.39 Å². The first-order valence-electron chi connectivity index (χ1n) is 8.01. The van der Waals surface area contributed by atoms with Gasteiger partial charge in [-0.2, -0.15) is 0 Å². The maximum Gasteiger partial charge on any atom is 0.263 e. The average Bonchev–Trinajstić information content (AvgIpc) is 3.31. The Labute approximate surface area is 143 Å². The van der Waals surface area contributed by atoms with E-state index in [0.29, 0.717) is 22.1 Å². The summed E-state index contributed by atoms with van der Waals surface area (Å²) in [5, 5.41) is 6.83. The van der Waals surface area contributed by atoms with E-state index in [1.807, 2.05) is 0 Å². The summed E-state index contributed by atoms with van der Waals surface area (Å²) in [6.07, 6.45) is 3.31. The van der Waals surface area contributed by atoms with Gasteiger partial charge in [-0.1, -0.05) is 12.1 Å². The molecule has 1 aromatic heterocycles. The van der Waals surface area contributed by atoms with Gasteiger partial charge in [-0.05, 0) is 25.1 Å². The first-order valence-corrected chi connectivity index (χ1v) is 8.83. The summed E-state index contributed by atoms with van der Waals surface area (Å²) in [5.41, 5.74) is 0.297. The summed E-state index contributed by atoms with van der Waals surface area (Å²) in [5.74, 6) is -0.509. The van der Waals surface area contributed by atoms with Gasteiger partial charge in [0, 0.05) is 18.5 Å². The summed E-state index contributed by atoms with van der Waals surface area (Å²) in [6.45, 7) is 2.34. The molecule has 24 heavy (non-hydrogen) atoms. The molecular formula is C17H18FN3O2S. The maximum atomic E-state index is 13.8. The lowest BCUT2D eigenvalue weighted by molar-refractivity contribution is 0.0209. The molecule has 2 aliphatic rings. The van der Waals surface area contributed by atoms with Crippen molar-refractivity contribution in [3.63, 3.8) is 0 Å². The molecule has 2 saturated heterocycles. The summed E-state index contributed by atoms with van der Waals surface area (Å²) in [6, 6.07) is 6.45. The first-order chi connectivity index (χ1) is 11.7. The largest absolute Gasteiger partial charge is 0.371 e. The lowest BCUT2D eigenvalue weighted by Gasteiger charge is -2.20. The number of hydrogen-bond donors (Lipinski definition) is 2. The molecule has 0 saturated carbocycles. The SMILES string of the molecule is O=C(NC1COC2(CCNC2)C1)c1cnc(-c2ccccc2F)s1. The Morgan fingerprint density at radius 3 is 3.12 bits per heavy atom. The fourth-order valence-corrected chi connectivity index (χ4v) is 4.20. The van der Waals surface area contributed by atoms with Crippen LogP contribution in [-0.2, 0) is 4.74 Å². The predicted molar refractivity (Wildman–Crippen MR) is 89.5 cm³/mol. The second-order valence-electron chi connectivity index (χ2n) is 6.30. The quantitative estimate of drug-likeness (QED) is 0.894. The highest BCUT2D eigenvalue weighted by Crippen LogP contribution is 2.32. The highest BCUT2D eigenvalue weighted by atomic mass is 32.1. The van der Waals surface area contributed by atoms with E-state index >= 15 is 0 Å². The molecule has 0 bridgehead atoms. The second kappa shape index (κ2) is 6.23. The van der Waals surface area contributed by atoms with Crippen molar-refractivity contribution in [1.82, 2.24) is 15.6 Å². The van der Waals surface area contributed by atoms with Crippen LogP contribution in [0.5, 0.6) is 0 Å². The number of thiazole rings is 1. The zero-order chi connectivity index (χ0) is 16.6. The Bertz CT molecular complexity index is 758. The second-order valence-corrected chi connectivity index (χ2v) is 7.34. The number of nitrogens with zero attached hydrogens (tertiary/aromatic N) is 1. The molecule has 2 fully saturated rings.